The first-order chi connectivity index (χ1) is 11.6. The minimum atomic E-state index is -0.244. The van der Waals surface area contributed by atoms with Gasteiger partial charge in [-0.25, -0.2) is 4.79 Å². The van der Waals surface area contributed by atoms with Crippen molar-refractivity contribution in [2.75, 3.05) is 13.7 Å². The average Bonchev–Trinajstić information content (AvgIpc) is 2.95. The number of fused-ring (bicyclic) bond motifs is 1. The van der Waals surface area contributed by atoms with Gasteiger partial charge in [0.25, 0.3) is 0 Å². The van der Waals surface area contributed by atoms with Gasteiger partial charge in [0.2, 0.25) is 5.91 Å². The van der Waals surface area contributed by atoms with Gasteiger partial charge in [-0.1, -0.05) is 18.2 Å². The van der Waals surface area contributed by atoms with Crippen LogP contribution in [-0.4, -0.2) is 29.5 Å². The van der Waals surface area contributed by atoms with Crippen LogP contribution in [0.1, 0.15) is 11.1 Å². The summed E-state index contributed by atoms with van der Waals surface area (Å²) in [4.78, 5) is 28.6. The summed E-state index contributed by atoms with van der Waals surface area (Å²) in [5.74, 6) is 0.779. The summed E-state index contributed by atoms with van der Waals surface area (Å²) in [5.41, 5.74) is 3.21. The number of carbonyl (C=O) groups excluding carboxylic acids is 1. The molecule has 3 rings (SSSR count). The summed E-state index contributed by atoms with van der Waals surface area (Å²) in [5, 5.41) is 2.91. The van der Waals surface area contributed by atoms with Crippen molar-refractivity contribution >= 4 is 16.9 Å². The normalized spacial score (nSPS) is 10.7. The molecule has 0 bridgehead atoms. The fourth-order valence-corrected chi connectivity index (χ4v) is 2.58. The molecule has 3 N–H and O–H groups in total. The van der Waals surface area contributed by atoms with E-state index in [4.69, 9.17) is 4.74 Å². The molecule has 0 aliphatic heterocycles. The van der Waals surface area contributed by atoms with E-state index >= 15 is 0 Å². The van der Waals surface area contributed by atoms with Crippen LogP contribution in [0.4, 0.5) is 0 Å². The highest BCUT2D eigenvalue weighted by molar-refractivity contribution is 5.81. The predicted octanol–water partition coefficient (Wildman–Crippen LogP) is 1.77. The number of ether oxygens (including phenoxy) is 1. The van der Waals surface area contributed by atoms with Crippen molar-refractivity contribution in [2.45, 2.75) is 12.8 Å². The first kappa shape index (κ1) is 15.9. The van der Waals surface area contributed by atoms with E-state index in [1.807, 2.05) is 36.4 Å². The predicted molar refractivity (Wildman–Crippen MR) is 92.3 cm³/mol. The Bertz CT molecular complexity index is 894. The number of carbonyl (C=O) groups is 1. The quantitative estimate of drug-likeness (QED) is 0.645. The highest BCUT2D eigenvalue weighted by Crippen LogP contribution is 2.12. The molecule has 1 aromatic heterocycles. The number of hydrogen-bond donors (Lipinski definition) is 3. The molecule has 1 heterocycles. The Hall–Kier alpha value is -3.02. The number of nitrogens with one attached hydrogen (secondary N) is 3. The minimum Gasteiger partial charge on any atom is -0.497 e. The van der Waals surface area contributed by atoms with Gasteiger partial charge in [0.1, 0.15) is 5.75 Å². The number of aromatic nitrogens is 2. The Morgan fingerprint density at radius 3 is 2.50 bits per heavy atom. The van der Waals surface area contributed by atoms with Crippen molar-refractivity contribution in [3.8, 4) is 5.75 Å². The van der Waals surface area contributed by atoms with Gasteiger partial charge in [0.05, 0.1) is 24.6 Å². The number of hydrogen-bond acceptors (Lipinski definition) is 3. The molecule has 6 heteroatoms. The largest absolute Gasteiger partial charge is 0.497 e. The zero-order chi connectivity index (χ0) is 16.9. The standard InChI is InChI=1S/C18H19N3O3/c1-24-14-5-2-12(3-6-14)8-9-19-17(22)11-13-4-7-15-16(10-13)21-18(23)20-15/h2-7,10H,8-9,11H2,1H3,(H,19,22)(H2,20,21,23). The van der Waals surface area contributed by atoms with Crippen molar-refractivity contribution in [3.05, 3.63) is 64.1 Å². The number of H-pyrrole nitrogens is 2. The van der Waals surface area contributed by atoms with Gasteiger partial charge in [0.15, 0.2) is 0 Å². The smallest absolute Gasteiger partial charge is 0.323 e. The molecule has 0 saturated heterocycles. The van der Waals surface area contributed by atoms with E-state index in [2.05, 4.69) is 15.3 Å². The van der Waals surface area contributed by atoms with E-state index in [1.165, 1.54) is 0 Å². The molecule has 2 aromatic carbocycles. The first-order valence-corrected chi connectivity index (χ1v) is 7.74. The van der Waals surface area contributed by atoms with E-state index < -0.39 is 0 Å². The fourth-order valence-electron chi connectivity index (χ4n) is 2.58. The van der Waals surface area contributed by atoms with Crippen LogP contribution in [0.2, 0.25) is 0 Å². The Morgan fingerprint density at radius 1 is 1.04 bits per heavy atom. The van der Waals surface area contributed by atoms with Gasteiger partial charge in [-0.2, -0.15) is 0 Å². The zero-order valence-electron chi connectivity index (χ0n) is 13.4. The summed E-state index contributed by atoms with van der Waals surface area (Å²) < 4.78 is 5.12. The molecule has 1 amide bonds. The molecule has 6 nitrogen and oxygen atoms in total. The second-order valence-electron chi connectivity index (χ2n) is 5.58. The van der Waals surface area contributed by atoms with Crippen molar-refractivity contribution in [1.29, 1.82) is 0 Å². The van der Waals surface area contributed by atoms with E-state index in [1.54, 1.807) is 13.2 Å². The van der Waals surface area contributed by atoms with Crippen LogP contribution in [0.5, 0.6) is 5.75 Å². The maximum Gasteiger partial charge on any atom is 0.323 e. The van der Waals surface area contributed by atoms with Gasteiger partial charge < -0.3 is 20.0 Å². The molecule has 0 unspecified atom stereocenters. The molecule has 3 aromatic rings. The van der Waals surface area contributed by atoms with Crippen LogP contribution in [0.3, 0.4) is 0 Å². The third-order valence-electron chi connectivity index (χ3n) is 3.84. The molecular weight excluding hydrogens is 306 g/mol. The van der Waals surface area contributed by atoms with Gasteiger partial charge in [-0.05, 0) is 41.8 Å². The number of aromatic amines is 2. The molecule has 0 aliphatic carbocycles. The number of rotatable bonds is 6. The van der Waals surface area contributed by atoms with E-state index in [-0.39, 0.29) is 18.0 Å². The molecule has 0 saturated carbocycles. The lowest BCUT2D eigenvalue weighted by Gasteiger charge is -2.06. The highest BCUT2D eigenvalue weighted by atomic mass is 16.5. The van der Waals surface area contributed by atoms with Crippen molar-refractivity contribution in [3.63, 3.8) is 0 Å². The third-order valence-corrected chi connectivity index (χ3v) is 3.84. The molecule has 0 atom stereocenters. The lowest BCUT2D eigenvalue weighted by atomic mass is 10.1. The van der Waals surface area contributed by atoms with Gasteiger partial charge in [-0.15, -0.1) is 0 Å². The summed E-state index contributed by atoms with van der Waals surface area (Å²) in [7, 11) is 1.63. The Kier molecular flexibility index (Phi) is 4.65. The maximum absolute atomic E-state index is 12.0. The molecule has 24 heavy (non-hydrogen) atoms. The van der Waals surface area contributed by atoms with Crippen LogP contribution < -0.4 is 15.7 Å². The van der Waals surface area contributed by atoms with Crippen LogP contribution >= 0.6 is 0 Å². The number of benzene rings is 2. The number of amides is 1. The topological polar surface area (TPSA) is 87.0 Å². The Balaban J connectivity index is 1.51. The second-order valence-corrected chi connectivity index (χ2v) is 5.58. The fraction of sp³-hybridized carbons (Fsp3) is 0.222. The number of imidazole rings is 1. The molecule has 0 spiro atoms. The lowest BCUT2D eigenvalue weighted by Crippen LogP contribution is -2.27. The van der Waals surface area contributed by atoms with Crippen LogP contribution in [0, 0.1) is 0 Å². The van der Waals surface area contributed by atoms with Crippen molar-refractivity contribution in [2.24, 2.45) is 0 Å². The van der Waals surface area contributed by atoms with Crippen LogP contribution in [0.25, 0.3) is 11.0 Å². The molecule has 0 fully saturated rings. The van der Waals surface area contributed by atoms with Gasteiger partial charge in [0, 0.05) is 6.54 Å². The second kappa shape index (κ2) is 7.04. The van der Waals surface area contributed by atoms with Crippen LogP contribution in [0.15, 0.2) is 47.3 Å². The minimum absolute atomic E-state index is 0.0410. The summed E-state index contributed by atoms with van der Waals surface area (Å²) in [6, 6.07) is 13.2. The maximum atomic E-state index is 12.0. The summed E-state index contributed by atoms with van der Waals surface area (Å²) in [6.45, 7) is 0.578. The third kappa shape index (κ3) is 3.84. The highest BCUT2D eigenvalue weighted by Gasteiger charge is 2.05. The zero-order valence-corrected chi connectivity index (χ0v) is 13.4. The van der Waals surface area contributed by atoms with E-state index in [0.29, 0.717) is 12.1 Å². The monoisotopic (exact) mass is 325 g/mol. The van der Waals surface area contributed by atoms with E-state index in [9.17, 15) is 9.59 Å². The van der Waals surface area contributed by atoms with Crippen LogP contribution in [-0.2, 0) is 17.6 Å². The average molecular weight is 325 g/mol. The Labute approximate surface area is 138 Å². The molecule has 0 radical (unpaired) electrons. The first-order valence-electron chi connectivity index (χ1n) is 7.74. The Morgan fingerprint density at radius 2 is 1.75 bits per heavy atom. The van der Waals surface area contributed by atoms with E-state index in [0.717, 1.165) is 28.8 Å². The summed E-state index contributed by atoms with van der Waals surface area (Å²) >= 11 is 0. The lowest BCUT2D eigenvalue weighted by molar-refractivity contribution is -0.120. The molecule has 0 aliphatic rings. The van der Waals surface area contributed by atoms with Gasteiger partial charge in [-0.3, -0.25) is 4.79 Å². The molecular formula is C18H19N3O3. The summed E-state index contributed by atoms with van der Waals surface area (Å²) in [6.07, 6.45) is 1.05. The van der Waals surface area contributed by atoms with Crippen molar-refractivity contribution in [1.82, 2.24) is 15.3 Å². The number of methoxy groups -OCH3 is 1. The van der Waals surface area contributed by atoms with Crippen molar-refractivity contribution < 1.29 is 9.53 Å². The van der Waals surface area contributed by atoms with Gasteiger partial charge >= 0.3 is 5.69 Å². The SMILES string of the molecule is COc1ccc(CCNC(=O)Cc2ccc3[nH]c(=O)[nH]c3c2)cc1. The molecule has 124 valence electrons.